The van der Waals surface area contributed by atoms with Crippen LogP contribution in [0.15, 0.2) is 35.1 Å². The largest absolute Gasteiger partial charge is 0.447 e. The zero-order chi connectivity index (χ0) is 15.6. The van der Waals surface area contributed by atoms with Crippen molar-refractivity contribution in [1.29, 1.82) is 0 Å². The number of carbonyl (C=O) groups excluding carboxylic acids is 1. The molecule has 1 heterocycles. The average Bonchev–Trinajstić information content (AvgIpc) is 3.35. The van der Waals surface area contributed by atoms with E-state index in [-0.39, 0.29) is 5.91 Å². The van der Waals surface area contributed by atoms with Crippen LogP contribution < -0.4 is 5.32 Å². The summed E-state index contributed by atoms with van der Waals surface area (Å²) in [7, 11) is 0. The number of hydrogen-bond acceptors (Lipinski definition) is 3. The maximum atomic E-state index is 12.4. The van der Waals surface area contributed by atoms with Gasteiger partial charge in [-0.1, -0.05) is 24.3 Å². The van der Waals surface area contributed by atoms with Crippen molar-refractivity contribution in [1.82, 2.24) is 10.3 Å². The second-order valence-corrected chi connectivity index (χ2v) is 6.76. The first-order chi connectivity index (χ1) is 11.3. The lowest BCUT2D eigenvalue weighted by Crippen LogP contribution is -2.30. The van der Waals surface area contributed by atoms with Crippen LogP contribution in [0.1, 0.15) is 59.0 Å². The number of nitrogens with zero attached hydrogens (tertiary/aromatic N) is 1. The summed E-state index contributed by atoms with van der Waals surface area (Å²) in [5.74, 6) is 1.63. The van der Waals surface area contributed by atoms with E-state index < -0.39 is 0 Å². The van der Waals surface area contributed by atoms with Gasteiger partial charge in [-0.25, -0.2) is 4.98 Å². The minimum atomic E-state index is -0.0811. The van der Waals surface area contributed by atoms with Crippen LogP contribution >= 0.6 is 0 Å². The van der Waals surface area contributed by atoms with Crippen LogP contribution in [0, 0.1) is 5.92 Å². The zero-order valence-electron chi connectivity index (χ0n) is 13.3. The third-order valence-corrected chi connectivity index (χ3v) is 5.07. The third-order valence-electron chi connectivity index (χ3n) is 5.07. The zero-order valence-corrected chi connectivity index (χ0v) is 13.3. The summed E-state index contributed by atoms with van der Waals surface area (Å²) in [6.07, 6.45) is 8.08. The molecule has 0 unspecified atom stereocenters. The number of aromatic nitrogens is 1. The van der Waals surface area contributed by atoms with Crippen molar-refractivity contribution in [3.8, 4) is 0 Å². The fourth-order valence-electron chi connectivity index (χ4n) is 3.49. The molecule has 23 heavy (non-hydrogen) atoms. The van der Waals surface area contributed by atoms with E-state index in [9.17, 15) is 4.79 Å². The molecule has 4 nitrogen and oxygen atoms in total. The number of aryl methyl sites for hydroxylation is 2. The highest BCUT2D eigenvalue weighted by Gasteiger charge is 2.32. The first-order valence-corrected chi connectivity index (χ1v) is 8.59. The summed E-state index contributed by atoms with van der Waals surface area (Å²) in [5.41, 5.74) is 3.42. The van der Waals surface area contributed by atoms with E-state index in [0.717, 1.165) is 50.8 Å². The number of rotatable bonds is 4. The number of carbonyl (C=O) groups is 1. The van der Waals surface area contributed by atoms with Crippen LogP contribution in [0.4, 0.5) is 0 Å². The first kappa shape index (κ1) is 14.5. The molecular formula is C19H22N2O2. The van der Waals surface area contributed by atoms with Crippen molar-refractivity contribution in [3.05, 3.63) is 53.2 Å². The molecule has 0 aliphatic heterocycles. The van der Waals surface area contributed by atoms with Crippen LogP contribution in [0.3, 0.4) is 0 Å². The van der Waals surface area contributed by atoms with Gasteiger partial charge >= 0.3 is 0 Å². The van der Waals surface area contributed by atoms with Gasteiger partial charge in [0.1, 0.15) is 5.76 Å². The van der Waals surface area contributed by atoms with Gasteiger partial charge in [0.2, 0.25) is 0 Å². The van der Waals surface area contributed by atoms with E-state index in [4.69, 9.17) is 4.42 Å². The fourth-order valence-corrected chi connectivity index (χ4v) is 3.49. The Kier molecular flexibility index (Phi) is 3.90. The molecule has 1 N–H and O–H groups in total. The van der Waals surface area contributed by atoms with E-state index >= 15 is 0 Å². The molecule has 4 heteroatoms. The van der Waals surface area contributed by atoms with Crippen LogP contribution in [-0.2, 0) is 12.8 Å². The molecule has 0 bridgehead atoms. The Morgan fingerprint density at radius 2 is 1.83 bits per heavy atom. The van der Waals surface area contributed by atoms with Crippen LogP contribution in [0.2, 0.25) is 0 Å². The monoisotopic (exact) mass is 310 g/mol. The van der Waals surface area contributed by atoms with Crippen molar-refractivity contribution < 1.29 is 9.21 Å². The summed E-state index contributed by atoms with van der Waals surface area (Å²) in [4.78, 5) is 16.5. The first-order valence-electron chi connectivity index (χ1n) is 8.59. The molecule has 0 saturated heterocycles. The molecule has 2 aliphatic carbocycles. The van der Waals surface area contributed by atoms with Crippen molar-refractivity contribution in [2.45, 2.75) is 44.4 Å². The van der Waals surface area contributed by atoms with Crippen LogP contribution in [0.5, 0.6) is 0 Å². The summed E-state index contributed by atoms with van der Waals surface area (Å²) < 4.78 is 5.39. The molecule has 120 valence electrons. The minimum Gasteiger partial charge on any atom is -0.447 e. The molecule has 0 radical (unpaired) electrons. The number of amides is 1. The number of hydrogen-bond donors (Lipinski definition) is 1. The van der Waals surface area contributed by atoms with E-state index in [1.165, 1.54) is 17.5 Å². The van der Waals surface area contributed by atoms with Crippen LogP contribution in [0.25, 0.3) is 0 Å². The average molecular weight is 310 g/mol. The number of fused-ring (bicyclic) bond motifs is 1. The van der Waals surface area contributed by atoms with E-state index in [2.05, 4.69) is 34.6 Å². The topological polar surface area (TPSA) is 55.1 Å². The number of benzene rings is 1. The normalized spacial score (nSPS) is 18.3. The quantitative estimate of drug-likeness (QED) is 0.880. The Bertz CT molecular complexity index is 676. The molecule has 1 amide bonds. The summed E-state index contributed by atoms with van der Waals surface area (Å²) in [5, 5.41) is 3.07. The van der Waals surface area contributed by atoms with E-state index in [1.54, 1.807) is 0 Å². The van der Waals surface area contributed by atoms with Crippen molar-refractivity contribution in [3.63, 3.8) is 0 Å². The molecule has 1 aromatic carbocycles. The predicted octanol–water partition coefficient (Wildman–Crippen LogP) is 3.48. The predicted molar refractivity (Wildman–Crippen MR) is 87.4 cm³/mol. The Morgan fingerprint density at radius 1 is 1.13 bits per heavy atom. The molecule has 1 fully saturated rings. The van der Waals surface area contributed by atoms with Gasteiger partial charge < -0.3 is 9.73 Å². The molecule has 1 saturated carbocycles. The lowest BCUT2D eigenvalue weighted by Gasteiger charge is -2.14. The highest BCUT2D eigenvalue weighted by Crippen LogP contribution is 2.41. The highest BCUT2D eigenvalue weighted by molar-refractivity contribution is 5.93. The highest BCUT2D eigenvalue weighted by atomic mass is 16.3. The summed E-state index contributed by atoms with van der Waals surface area (Å²) in [6, 6.07) is 8.69. The van der Waals surface area contributed by atoms with Crippen molar-refractivity contribution >= 4 is 5.91 Å². The van der Waals surface area contributed by atoms with Gasteiger partial charge in [0.15, 0.2) is 12.1 Å². The van der Waals surface area contributed by atoms with Gasteiger partial charge in [0.25, 0.3) is 5.91 Å². The Balaban J connectivity index is 1.34. The molecule has 4 rings (SSSR count). The van der Waals surface area contributed by atoms with Gasteiger partial charge in [0.05, 0.1) is 0 Å². The molecule has 0 atom stereocenters. The fraction of sp³-hybridized carbons (Fsp3) is 0.474. The van der Waals surface area contributed by atoms with Gasteiger partial charge in [-0.2, -0.15) is 0 Å². The second-order valence-electron chi connectivity index (χ2n) is 6.76. The van der Waals surface area contributed by atoms with Crippen molar-refractivity contribution in [2.24, 2.45) is 5.92 Å². The molecule has 1 aromatic heterocycles. The number of nitrogens with one attached hydrogen (secondary N) is 1. The SMILES string of the molecule is O=C(NCC1CCc2ccccc2CC1)c1ncoc1C1CC1. The molecule has 0 spiro atoms. The summed E-state index contributed by atoms with van der Waals surface area (Å²) in [6.45, 7) is 0.726. The van der Waals surface area contributed by atoms with Crippen LogP contribution in [-0.4, -0.2) is 17.4 Å². The van der Waals surface area contributed by atoms with Gasteiger partial charge in [-0.05, 0) is 55.6 Å². The summed E-state index contributed by atoms with van der Waals surface area (Å²) >= 11 is 0. The lowest BCUT2D eigenvalue weighted by atomic mass is 9.99. The van der Waals surface area contributed by atoms with Crippen molar-refractivity contribution in [2.75, 3.05) is 6.54 Å². The smallest absolute Gasteiger partial charge is 0.273 e. The Morgan fingerprint density at radius 3 is 2.48 bits per heavy atom. The van der Waals surface area contributed by atoms with Gasteiger partial charge in [-0.15, -0.1) is 0 Å². The Hall–Kier alpha value is -2.10. The van der Waals surface area contributed by atoms with E-state index in [0.29, 0.717) is 17.5 Å². The second kappa shape index (κ2) is 6.19. The Labute approximate surface area is 136 Å². The maximum absolute atomic E-state index is 12.4. The van der Waals surface area contributed by atoms with Gasteiger partial charge in [0, 0.05) is 12.5 Å². The van der Waals surface area contributed by atoms with Gasteiger partial charge in [-0.3, -0.25) is 4.79 Å². The number of oxazole rings is 1. The standard InChI is InChI=1S/C19H22N2O2/c22-19(17-18(16-9-10-16)23-12-21-17)20-11-13-5-7-14-3-1-2-4-15(14)8-6-13/h1-4,12-13,16H,5-11H2,(H,20,22). The van der Waals surface area contributed by atoms with E-state index in [1.807, 2.05) is 0 Å². The third kappa shape index (κ3) is 3.16. The molecule has 2 aromatic rings. The lowest BCUT2D eigenvalue weighted by molar-refractivity contribution is 0.0939. The minimum absolute atomic E-state index is 0.0811. The maximum Gasteiger partial charge on any atom is 0.273 e. The molecular weight excluding hydrogens is 288 g/mol. The molecule has 2 aliphatic rings.